The number of nitro groups is 1. The van der Waals surface area contributed by atoms with Crippen LogP contribution in [0.15, 0.2) is 65.6 Å². The smallest absolute Gasteiger partial charge is 0.293 e. The minimum absolute atomic E-state index is 0.155. The average Bonchev–Trinajstić information content (AvgIpc) is 3.33. The molecule has 3 aromatic carbocycles. The van der Waals surface area contributed by atoms with Crippen LogP contribution in [0.1, 0.15) is 12.8 Å². The highest BCUT2D eigenvalue weighted by atomic mass is 35.5. The van der Waals surface area contributed by atoms with Gasteiger partial charge in [0.1, 0.15) is 11.7 Å². The molecule has 1 aliphatic heterocycles. The van der Waals surface area contributed by atoms with Gasteiger partial charge in [0.05, 0.1) is 9.82 Å². The second-order valence-electron chi connectivity index (χ2n) is 7.92. The van der Waals surface area contributed by atoms with Crippen LogP contribution >= 0.6 is 11.6 Å². The van der Waals surface area contributed by atoms with E-state index in [9.17, 15) is 23.3 Å². The van der Waals surface area contributed by atoms with E-state index < -0.39 is 26.9 Å². The first-order valence-electron chi connectivity index (χ1n) is 10.7. The Bertz CT molecular complexity index is 1350. The van der Waals surface area contributed by atoms with Gasteiger partial charge in [-0.15, -0.1) is 0 Å². The molecule has 0 aliphatic carbocycles. The lowest BCUT2D eigenvalue weighted by Crippen LogP contribution is -2.46. The van der Waals surface area contributed by atoms with Crippen LogP contribution in [0, 0.1) is 10.1 Å². The number of sulfonamides is 1. The van der Waals surface area contributed by atoms with Crippen LogP contribution < -0.4 is 10.6 Å². The fourth-order valence-corrected chi connectivity index (χ4v) is 5.92. The fraction of sp³-hybridized carbons (Fsp3) is 0.261. The van der Waals surface area contributed by atoms with Gasteiger partial charge in [-0.1, -0.05) is 41.9 Å². The molecule has 1 aliphatic rings. The third-order valence-electron chi connectivity index (χ3n) is 5.73. The zero-order valence-corrected chi connectivity index (χ0v) is 19.7. The number of hydrogen-bond acceptors (Lipinski definition) is 6. The van der Waals surface area contributed by atoms with Crippen molar-refractivity contribution in [2.45, 2.75) is 23.8 Å². The van der Waals surface area contributed by atoms with Crippen molar-refractivity contribution in [3.63, 3.8) is 0 Å². The Labute approximate surface area is 201 Å². The molecular weight excluding hydrogens is 480 g/mol. The van der Waals surface area contributed by atoms with Crippen LogP contribution in [-0.4, -0.2) is 49.2 Å². The first kappa shape index (κ1) is 23.9. The molecule has 1 amide bonds. The van der Waals surface area contributed by atoms with Crippen molar-refractivity contribution < 1.29 is 18.1 Å². The summed E-state index contributed by atoms with van der Waals surface area (Å²) in [6, 6.07) is 15.9. The standard InChI is InChI=1S/C23H23ClN4O5S/c24-18-8-10-20(22(15-18)28(30)31)25-11-12-26-23(29)21-6-3-13-27(21)34(32,33)19-9-7-16-4-1-2-5-17(16)14-19/h1-2,4-5,7-10,14-15,21,25H,3,6,11-13H2,(H,26,29). The lowest BCUT2D eigenvalue weighted by atomic mass is 10.1. The second-order valence-corrected chi connectivity index (χ2v) is 10.2. The van der Waals surface area contributed by atoms with E-state index in [1.165, 1.54) is 22.5 Å². The summed E-state index contributed by atoms with van der Waals surface area (Å²) in [5, 5.41) is 18.8. The van der Waals surface area contributed by atoms with Gasteiger partial charge in [-0.3, -0.25) is 14.9 Å². The SMILES string of the molecule is O=C(NCCNc1ccc(Cl)cc1[N+](=O)[O-])C1CCCN1S(=O)(=O)c1ccc2ccccc2c1. The molecule has 0 aromatic heterocycles. The number of hydrogen-bond donors (Lipinski definition) is 2. The molecule has 178 valence electrons. The molecule has 0 saturated carbocycles. The van der Waals surface area contributed by atoms with E-state index in [1.54, 1.807) is 18.2 Å². The van der Waals surface area contributed by atoms with Gasteiger partial charge in [-0.2, -0.15) is 4.31 Å². The third kappa shape index (κ3) is 4.98. The molecule has 1 heterocycles. The summed E-state index contributed by atoms with van der Waals surface area (Å²) in [6.07, 6.45) is 1.01. The number of carbonyl (C=O) groups is 1. The summed E-state index contributed by atoms with van der Waals surface area (Å²) in [6.45, 7) is 0.653. The first-order chi connectivity index (χ1) is 16.3. The van der Waals surface area contributed by atoms with Crippen LogP contribution in [-0.2, 0) is 14.8 Å². The van der Waals surface area contributed by atoms with Crippen molar-refractivity contribution in [1.29, 1.82) is 0 Å². The fourth-order valence-electron chi connectivity index (χ4n) is 4.06. The molecule has 11 heteroatoms. The number of amides is 1. The van der Waals surface area contributed by atoms with Gasteiger partial charge in [0.15, 0.2) is 0 Å². The number of anilines is 1. The topological polar surface area (TPSA) is 122 Å². The highest BCUT2D eigenvalue weighted by Gasteiger charge is 2.39. The number of nitro benzene ring substituents is 1. The molecular formula is C23H23ClN4O5S. The minimum Gasteiger partial charge on any atom is -0.378 e. The van der Waals surface area contributed by atoms with E-state index in [0.29, 0.717) is 12.8 Å². The normalized spacial score (nSPS) is 16.4. The van der Waals surface area contributed by atoms with E-state index >= 15 is 0 Å². The number of halogens is 1. The van der Waals surface area contributed by atoms with Gasteiger partial charge in [0.2, 0.25) is 15.9 Å². The van der Waals surface area contributed by atoms with E-state index in [0.717, 1.165) is 10.8 Å². The Balaban J connectivity index is 1.40. The predicted octanol–water partition coefficient (Wildman–Crippen LogP) is 3.78. The summed E-state index contributed by atoms with van der Waals surface area (Å²) >= 11 is 5.82. The highest BCUT2D eigenvalue weighted by molar-refractivity contribution is 7.89. The molecule has 9 nitrogen and oxygen atoms in total. The predicted molar refractivity (Wildman–Crippen MR) is 130 cm³/mol. The molecule has 1 atom stereocenters. The Hall–Kier alpha value is -3.21. The zero-order chi connectivity index (χ0) is 24.3. The Morgan fingerprint density at radius 3 is 2.62 bits per heavy atom. The van der Waals surface area contributed by atoms with Crippen molar-refractivity contribution in [2.75, 3.05) is 25.0 Å². The van der Waals surface area contributed by atoms with Crippen molar-refractivity contribution in [1.82, 2.24) is 9.62 Å². The quantitative estimate of drug-likeness (QED) is 0.274. The van der Waals surface area contributed by atoms with Crippen molar-refractivity contribution in [2.24, 2.45) is 0 Å². The monoisotopic (exact) mass is 502 g/mol. The molecule has 1 fully saturated rings. The van der Waals surface area contributed by atoms with Gasteiger partial charge in [0, 0.05) is 30.7 Å². The molecule has 2 N–H and O–H groups in total. The van der Waals surface area contributed by atoms with E-state index in [-0.39, 0.29) is 40.9 Å². The third-order valence-corrected chi connectivity index (χ3v) is 7.87. The van der Waals surface area contributed by atoms with Crippen LogP contribution in [0.5, 0.6) is 0 Å². The molecule has 0 radical (unpaired) electrons. The summed E-state index contributed by atoms with van der Waals surface area (Å²) in [5.41, 5.74) is 0.118. The van der Waals surface area contributed by atoms with Crippen molar-refractivity contribution in [3.8, 4) is 0 Å². The van der Waals surface area contributed by atoms with Crippen LogP contribution in [0.3, 0.4) is 0 Å². The first-order valence-corrected chi connectivity index (χ1v) is 12.6. The summed E-state index contributed by atoms with van der Waals surface area (Å²) in [7, 11) is -3.85. The molecule has 0 bridgehead atoms. The average molecular weight is 503 g/mol. The lowest BCUT2D eigenvalue weighted by Gasteiger charge is -2.23. The molecule has 4 rings (SSSR count). The number of rotatable bonds is 8. The van der Waals surface area contributed by atoms with Gasteiger partial charge in [-0.05, 0) is 47.9 Å². The molecule has 0 spiro atoms. The van der Waals surface area contributed by atoms with Crippen LogP contribution in [0.25, 0.3) is 10.8 Å². The summed E-state index contributed by atoms with van der Waals surface area (Å²) < 4.78 is 27.8. The molecule has 1 unspecified atom stereocenters. The van der Waals surface area contributed by atoms with Gasteiger partial charge < -0.3 is 10.6 Å². The van der Waals surface area contributed by atoms with E-state index in [2.05, 4.69) is 10.6 Å². The molecule has 3 aromatic rings. The number of fused-ring (bicyclic) bond motifs is 1. The number of benzene rings is 3. The number of nitrogens with one attached hydrogen (secondary N) is 2. The van der Waals surface area contributed by atoms with Gasteiger partial charge in [0.25, 0.3) is 5.69 Å². The Kier molecular flexibility index (Phi) is 7.01. The summed E-state index contributed by atoms with van der Waals surface area (Å²) in [5.74, 6) is -0.394. The van der Waals surface area contributed by atoms with E-state index in [1.807, 2.05) is 24.3 Å². The number of carbonyl (C=O) groups excluding carboxylic acids is 1. The maximum Gasteiger partial charge on any atom is 0.293 e. The number of nitrogens with zero attached hydrogens (tertiary/aromatic N) is 2. The maximum absolute atomic E-state index is 13.3. The summed E-state index contributed by atoms with van der Waals surface area (Å²) in [4.78, 5) is 23.6. The second kappa shape index (κ2) is 9.96. The van der Waals surface area contributed by atoms with Gasteiger partial charge >= 0.3 is 0 Å². The highest BCUT2D eigenvalue weighted by Crippen LogP contribution is 2.29. The zero-order valence-electron chi connectivity index (χ0n) is 18.1. The Morgan fingerprint density at radius 2 is 1.85 bits per heavy atom. The largest absolute Gasteiger partial charge is 0.378 e. The van der Waals surface area contributed by atoms with Crippen molar-refractivity contribution >= 4 is 49.7 Å². The molecule has 34 heavy (non-hydrogen) atoms. The van der Waals surface area contributed by atoms with Crippen molar-refractivity contribution in [3.05, 3.63) is 75.8 Å². The van der Waals surface area contributed by atoms with E-state index in [4.69, 9.17) is 11.6 Å². The maximum atomic E-state index is 13.3. The molecule has 1 saturated heterocycles. The lowest BCUT2D eigenvalue weighted by molar-refractivity contribution is -0.383. The van der Waals surface area contributed by atoms with Crippen LogP contribution in [0.4, 0.5) is 11.4 Å². The Morgan fingerprint density at radius 1 is 1.09 bits per heavy atom. The minimum atomic E-state index is -3.85. The van der Waals surface area contributed by atoms with Crippen LogP contribution in [0.2, 0.25) is 5.02 Å². The van der Waals surface area contributed by atoms with Gasteiger partial charge in [-0.25, -0.2) is 8.42 Å².